The maximum absolute atomic E-state index is 9.37. The molecule has 1 unspecified atom stereocenters. The summed E-state index contributed by atoms with van der Waals surface area (Å²) in [5.41, 5.74) is 6.44. The summed E-state index contributed by atoms with van der Waals surface area (Å²) in [4.78, 5) is 0. The highest BCUT2D eigenvalue weighted by Gasteiger charge is 2.08. The number of para-hydroxylation sites is 1. The van der Waals surface area contributed by atoms with Crippen molar-refractivity contribution in [1.29, 1.82) is 0 Å². The number of phenolic OH excluding ortho intramolecular Hbond substituents is 1. The van der Waals surface area contributed by atoms with Crippen LogP contribution in [0.3, 0.4) is 0 Å². The quantitative estimate of drug-likeness (QED) is 0.707. The van der Waals surface area contributed by atoms with E-state index < -0.39 is 0 Å². The smallest absolute Gasteiger partial charge is 0.120 e. The lowest BCUT2D eigenvalue weighted by Crippen LogP contribution is -2.15. The molecule has 1 aromatic carbocycles. The van der Waals surface area contributed by atoms with E-state index in [0.29, 0.717) is 6.61 Å². The average molecular weight is 167 g/mol. The van der Waals surface area contributed by atoms with Gasteiger partial charge in [-0.25, -0.2) is 0 Å². The van der Waals surface area contributed by atoms with Crippen molar-refractivity contribution in [2.75, 3.05) is 13.7 Å². The van der Waals surface area contributed by atoms with Crippen LogP contribution < -0.4 is 5.73 Å². The molecule has 1 aromatic rings. The van der Waals surface area contributed by atoms with Crippen LogP contribution >= 0.6 is 0 Å². The minimum atomic E-state index is -0.254. The number of methoxy groups -OCH3 is 1. The molecular formula is C9H13NO2. The first-order chi connectivity index (χ1) is 5.75. The Bertz CT molecular complexity index is 250. The molecule has 0 aliphatic carbocycles. The van der Waals surface area contributed by atoms with Crippen LogP contribution in [0.1, 0.15) is 11.6 Å². The highest BCUT2D eigenvalue weighted by atomic mass is 16.5. The van der Waals surface area contributed by atoms with Crippen molar-refractivity contribution in [3.63, 3.8) is 0 Å². The average Bonchev–Trinajstić information content (AvgIpc) is 2.05. The Balaban J connectivity index is 2.79. The fraction of sp³-hybridized carbons (Fsp3) is 0.333. The van der Waals surface area contributed by atoms with Crippen molar-refractivity contribution < 1.29 is 9.84 Å². The van der Waals surface area contributed by atoms with E-state index in [0.717, 1.165) is 5.56 Å². The van der Waals surface area contributed by atoms with Gasteiger partial charge in [-0.15, -0.1) is 0 Å². The second kappa shape index (κ2) is 4.09. The van der Waals surface area contributed by atoms with Crippen LogP contribution in [0.2, 0.25) is 0 Å². The van der Waals surface area contributed by atoms with Gasteiger partial charge < -0.3 is 15.6 Å². The molecule has 0 spiro atoms. The van der Waals surface area contributed by atoms with Crippen LogP contribution in [0.25, 0.3) is 0 Å². The van der Waals surface area contributed by atoms with Gasteiger partial charge in [0, 0.05) is 12.7 Å². The highest BCUT2D eigenvalue weighted by Crippen LogP contribution is 2.21. The van der Waals surface area contributed by atoms with Gasteiger partial charge in [0.15, 0.2) is 0 Å². The molecule has 0 saturated carbocycles. The Morgan fingerprint density at radius 3 is 2.75 bits per heavy atom. The molecule has 3 nitrogen and oxygen atoms in total. The molecule has 0 aromatic heterocycles. The third-order valence-corrected chi connectivity index (χ3v) is 1.68. The summed E-state index contributed by atoms with van der Waals surface area (Å²) in [7, 11) is 1.58. The van der Waals surface area contributed by atoms with Crippen LogP contribution in [-0.4, -0.2) is 18.8 Å². The number of aromatic hydroxyl groups is 1. The molecule has 0 bridgehead atoms. The zero-order valence-corrected chi connectivity index (χ0v) is 7.03. The largest absolute Gasteiger partial charge is 0.508 e. The number of hydrogen-bond donors (Lipinski definition) is 2. The van der Waals surface area contributed by atoms with E-state index in [2.05, 4.69) is 0 Å². The molecule has 0 saturated heterocycles. The summed E-state index contributed by atoms with van der Waals surface area (Å²) >= 11 is 0. The van der Waals surface area contributed by atoms with E-state index in [-0.39, 0.29) is 11.8 Å². The van der Waals surface area contributed by atoms with E-state index in [9.17, 15) is 5.11 Å². The Kier molecular flexibility index (Phi) is 3.08. The Hall–Kier alpha value is -1.06. The number of benzene rings is 1. The second-order valence-corrected chi connectivity index (χ2v) is 2.62. The Morgan fingerprint density at radius 2 is 2.17 bits per heavy atom. The van der Waals surface area contributed by atoms with Gasteiger partial charge in [0.25, 0.3) is 0 Å². The third-order valence-electron chi connectivity index (χ3n) is 1.68. The van der Waals surface area contributed by atoms with Gasteiger partial charge in [-0.3, -0.25) is 0 Å². The van der Waals surface area contributed by atoms with Gasteiger partial charge in [-0.1, -0.05) is 18.2 Å². The maximum Gasteiger partial charge on any atom is 0.120 e. The molecule has 12 heavy (non-hydrogen) atoms. The van der Waals surface area contributed by atoms with E-state index in [1.54, 1.807) is 25.3 Å². The van der Waals surface area contributed by atoms with Crippen LogP contribution in [0.15, 0.2) is 24.3 Å². The van der Waals surface area contributed by atoms with Gasteiger partial charge in [0.1, 0.15) is 5.75 Å². The Morgan fingerprint density at radius 1 is 1.50 bits per heavy atom. The normalized spacial score (nSPS) is 12.8. The molecule has 1 atom stereocenters. The van der Waals surface area contributed by atoms with Gasteiger partial charge >= 0.3 is 0 Å². The number of nitrogens with two attached hydrogens (primary N) is 1. The lowest BCUT2D eigenvalue weighted by molar-refractivity contribution is 0.180. The first-order valence-corrected chi connectivity index (χ1v) is 3.78. The van der Waals surface area contributed by atoms with Crippen molar-refractivity contribution in [2.24, 2.45) is 5.73 Å². The molecule has 0 aliphatic heterocycles. The molecular weight excluding hydrogens is 154 g/mol. The topological polar surface area (TPSA) is 55.5 Å². The summed E-state index contributed by atoms with van der Waals surface area (Å²) in [5.74, 6) is 0.224. The van der Waals surface area contributed by atoms with Crippen molar-refractivity contribution >= 4 is 0 Å². The van der Waals surface area contributed by atoms with Crippen LogP contribution in [0.5, 0.6) is 5.75 Å². The fourth-order valence-electron chi connectivity index (χ4n) is 1.07. The van der Waals surface area contributed by atoms with E-state index in [4.69, 9.17) is 10.5 Å². The lowest BCUT2D eigenvalue weighted by Gasteiger charge is -2.11. The standard InChI is InChI=1S/C9H13NO2/c1-12-6-8(10)7-4-2-3-5-9(7)11/h2-5,8,11H,6,10H2,1H3. The molecule has 0 amide bonds. The van der Waals surface area contributed by atoms with Crippen LogP contribution in [-0.2, 0) is 4.74 Å². The molecule has 1 rings (SSSR count). The SMILES string of the molecule is COCC(N)c1ccccc1O. The molecule has 0 aliphatic rings. The summed E-state index contributed by atoms with van der Waals surface area (Å²) in [5, 5.41) is 9.37. The summed E-state index contributed by atoms with van der Waals surface area (Å²) < 4.78 is 4.88. The zero-order chi connectivity index (χ0) is 8.97. The minimum absolute atomic E-state index is 0.224. The van der Waals surface area contributed by atoms with Gasteiger partial charge in [0.2, 0.25) is 0 Å². The minimum Gasteiger partial charge on any atom is -0.508 e. The summed E-state index contributed by atoms with van der Waals surface area (Å²) in [6, 6.07) is 6.75. The van der Waals surface area contributed by atoms with E-state index in [1.165, 1.54) is 0 Å². The van der Waals surface area contributed by atoms with Gasteiger partial charge in [0.05, 0.1) is 12.6 Å². The summed E-state index contributed by atoms with van der Waals surface area (Å²) in [6.45, 7) is 0.414. The lowest BCUT2D eigenvalue weighted by atomic mass is 10.1. The fourth-order valence-corrected chi connectivity index (χ4v) is 1.07. The van der Waals surface area contributed by atoms with Crippen molar-refractivity contribution in [3.05, 3.63) is 29.8 Å². The first kappa shape index (κ1) is 9.03. The predicted molar refractivity (Wildman–Crippen MR) is 46.9 cm³/mol. The molecule has 0 fully saturated rings. The number of hydrogen-bond acceptors (Lipinski definition) is 3. The molecule has 3 N–H and O–H groups in total. The second-order valence-electron chi connectivity index (χ2n) is 2.62. The molecule has 66 valence electrons. The molecule has 3 heteroatoms. The number of rotatable bonds is 3. The van der Waals surface area contributed by atoms with Gasteiger partial charge in [-0.05, 0) is 6.07 Å². The molecule has 0 heterocycles. The van der Waals surface area contributed by atoms with E-state index in [1.807, 2.05) is 6.07 Å². The van der Waals surface area contributed by atoms with Gasteiger partial charge in [-0.2, -0.15) is 0 Å². The summed E-state index contributed by atoms with van der Waals surface area (Å²) in [6.07, 6.45) is 0. The monoisotopic (exact) mass is 167 g/mol. The zero-order valence-electron chi connectivity index (χ0n) is 7.03. The number of ether oxygens (including phenoxy) is 1. The number of phenols is 1. The van der Waals surface area contributed by atoms with Crippen LogP contribution in [0, 0.1) is 0 Å². The molecule has 0 radical (unpaired) electrons. The maximum atomic E-state index is 9.37. The van der Waals surface area contributed by atoms with E-state index >= 15 is 0 Å². The van der Waals surface area contributed by atoms with Crippen molar-refractivity contribution in [2.45, 2.75) is 6.04 Å². The van der Waals surface area contributed by atoms with Crippen molar-refractivity contribution in [1.82, 2.24) is 0 Å². The van der Waals surface area contributed by atoms with Crippen molar-refractivity contribution in [3.8, 4) is 5.75 Å². The predicted octanol–water partition coefficient (Wildman–Crippen LogP) is 1.04. The first-order valence-electron chi connectivity index (χ1n) is 3.78. The Labute approximate surface area is 71.8 Å². The third kappa shape index (κ3) is 1.96. The highest BCUT2D eigenvalue weighted by molar-refractivity contribution is 5.34. The van der Waals surface area contributed by atoms with Crippen LogP contribution in [0.4, 0.5) is 0 Å².